The van der Waals surface area contributed by atoms with Gasteiger partial charge in [-0.2, -0.15) is 0 Å². The van der Waals surface area contributed by atoms with Crippen molar-refractivity contribution in [1.82, 2.24) is 9.55 Å². The summed E-state index contributed by atoms with van der Waals surface area (Å²) in [7, 11) is -3.63. The van der Waals surface area contributed by atoms with Crippen molar-refractivity contribution in [3.05, 3.63) is 70.1 Å². The molecule has 3 aromatic rings. The lowest BCUT2D eigenvalue weighted by atomic mass is 10.1. The number of nitrogens with zero attached hydrogens (tertiary/aromatic N) is 3. The van der Waals surface area contributed by atoms with Crippen molar-refractivity contribution in [2.24, 2.45) is 7.05 Å². The van der Waals surface area contributed by atoms with Gasteiger partial charge in [-0.05, 0) is 55.7 Å². The van der Waals surface area contributed by atoms with Crippen molar-refractivity contribution in [3.63, 3.8) is 0 Å². The van der Waals surface area contributed by atoms with E-state index in [1.54, 1.807) is 30.3 Å². The van der Waals surface area contributed by atoms with Gasteiger partial charge in [0.2, 0.25) is 10.0 Å². The highest BCUT2D eigenvalue weighted by Crippen LogP contribution is 2.41. The minimum Gasteiger partial charge on any atom is -0.405 e. The second-order valence-corrected chi connectivity index (χ2v) is 18.9. The number of aromatic nitrogens is 2. The molecule has 0 aliphatic heterocycles. The summed E-state index contributed by atoms with van der Waals surface area (Å²) in [6.45, 7) is 15.3. The van der Waals surface area contributed by atoms with Gasteiger partial charge in [-0.15, -0.1) is 0 Å². The van der Waals surface area contributed by atoms with E-state index in [4.69, 9.17) is 32.6 Å². The predicted octanol–water partition coefficient (Wildman–Crippen LogP) is 7.62. The first-order valence-corrected chi connectivity index (χ1v) is 17.6. The van der Waals surface area contributed by atoms with Crippen LogP contribution in [0.25, 0.3) is 11.3 Å². The number of rotatable bonds is 8. The maximum Gasteiger partial charge on any atom is 0.232 e. The van der Waals surface area contributed by atoms with Crippen LogP contribution in [0.3, 0.4) is 0 Å². The Morgan fingerprint density at radius 2 is 1.62 bits per heavy atom. The van der Waals surface area contributed by atoms with Crippen molar-refractivity contribution in [1.29, 1.82) is 0 Å². The van der Waals surface area contributed by atoms with E-state index in [1.807, 2.05) is 29.9 Å². The molecule has 10 heteroatoms. The molecule has 6 nitrogen and oxygen atoms in total. The summed E-state index contributed by atoms with van der Waals surface area (Å²) >= 11 is 12.5. The zero-order valence-electron chi connectivity index (χ0n) is 23.1. The summed E-state index contributed by atoms with van der Waals surface area (Å²) in [5.41, 5.74) is 2.25. The van der Waals surface area contributed by atoms with Crippen LogP contribution in [0, 0.1) is 0 Å². The van der Waals surface area contributed by atoms with Gasteiger partial charge in [0.15, 0.2) is 8.32 Å². The fourth-order valence-electron chi connectivity index (χ4n) is 4.03. The molecule has 1 aromatic heterocycles. The van der Waals surface area contributed by atoms with Crippen LogP contribution in [-0.4, -0.2) is 32.5 Å². The number of benzene rings is 2. The van der Waals surface area contributed by atoms with Crippen LogP contribution < -0.4 is 4.31 Å². The van der Waals surface area contributed by atoms with E-state index in [-0.39, 0.29) is 11.6 Å². The normalized spacial score (nSPS) is 13.2. The molecule has 2 aromatic carbocycles. The molecule has 0 spiro atoms. The van der Waals surface area contributed by atoms with E-state index < -0.39 is 23.9 Å². The summed E-state index contributed by atoms with van der Waals surface area (Å²) < 4.78 is 35.4. The summed E-state index contributed by atoms with van der Waals surface area (Å²) in [5, 5.41) is 0.807. The first-order valence-electron chi connectivity index (χ1n) is 12.1. The lowest BCUT2D eigenvalue weighted by molar-refractivity contribution is 0.0778. The standard InChI is InChI=1S/C27H37Cl2N3O3SSi/c1-26(2,3)37(8,9)35-27(4,5)25-30-23(18-31(25)6)19-13-15-21(16-14-19)32(36(7,33)34)17-20-11-10-12-22(28)24(20)29/h10-16,18H,17H2,1-9H3. The quantitative estimate of drug-likeness (QED) is 0.256. The Balaban J connectivity index is 1.92. The van der Waals surface area contributed by atoms with Gasteiger partial charge in [-0.1, -0.05) is 68.2 Å². The number of hydrogen-bond acceptors (Lipinski definition) is 4. The molecule has 0 N–H and O–H groups in total. The molecule has 0 unspecified atom stereocenters. The zero-order chi connectivity index (χ0) is 28.0. The lowest BCUT2D eigenvalue weighted by Crippen LogP contribution is -2.47. The Hall–Kier alpha value is -1.84. The van der Waals surface area contributed by atoms with Crippen molar-refractivity contribution < 1.29 is 12.8 Å². The minimum atomic E-state index is -3.58. The van der Waals surface area contributed by atoms with Gasteiger partial charge in [0, 0.05) is 18.8 Å². The van der Waals surface area contributed by atoms with Crippen LogP contribution in [0.4, 0.5) is 5.69 Å². The fourth-order valence-corrected chi connectivity index (χ4v) is 6.96. The van der Waals surface area contributed by atoms with Gasteiger partial charge in [-0.25, -0.2) is 13.4 Å². The molecule has 3 rings (SSSR count). The monoisotopic (exact) mass is 581 g/mol. The third-order valence-corrected chi connectivity index (χ3v) is 13.6. The first-order chi connectivity index (χ1) is 16.8. The van der Waals surface area contributed by atoms with Crippen molar-refractivity contribution >= 4 is 47.2 Å². The molecule has 0 saturated carbocycles. The third kappa shape index (κ3) is 6.60. The van der Waals surface area contributed by atoms with Gasteiger partial charge >= 0.3 is 0 Å². The number of halogens is 2. The van der Waals surface area contributed by atoms with Gasteiger partial charge in [0.1, 0.15) is 11.4 Å². The predicted molar refractivity (Wildman–Crippen MR) is 157 cm³/mol. The smallest absolute Gasteiger partial charge is 0.232 e. The molecule has 0 radical (unpaired) electrons. The van der Waals surface area contributed by atoms with Crippen LogP contribution in [0.5, 0.6) is 0 Å². The lowest BCUT2D eigenvalue weighted by Gasteiger charge is -2.42. The largest absolute Gasteiger partial charge is 0.405 e. The summed E-state index contributed by atoms with van der Waals surface area (Å²) in [4.78, 5) is 4.93. The molecule has 37 heavy (non-hydrogen) atoms. The van der Waals surface area contributed by atoms with Crippen LogP contribution >= 0.6 is 23.2 Å². The number of aryl methyl sites for hydroxylation is 1. The highest BCUT2D eigenvalue weighted by Gasteiger charge is 2.43. The third-order valence-electron chi connectivity index (χ3n) is 6.93. The summed E-state index contributed by atoms with van der Waals surface area (Å²) in [6, 6.07) is 12.5. The van der Waals surface area contributed by atoms with Gasteiger partial charge in [0.25, 0.3) is 0 Å². The van der Waals surface area contributed by atoms with Crippen LogP contribution in [-0.2, 0) is 33.6 Å². The molecule has 0 atom stereocenters. The van der Waals surface area contributed by atoms with Crippen molar-refractivity contribution in [3.8, 4) is 11.3 Å². The summed E-state index contributed by atoms with van der Waals surface area (Å²) in [5.74, 6) is 0.838. The Bertz CT molecular complexity index is 1380. The Kier molecular flexibility index (Phi) is 8.33. The Morgan fingerprint density at radius 1 is 1.03 bits per heavy atom. The van der Waals surface area contributed by atoms with Crippen LogP contribution in [0.1, 0.15) is 46.0 Å². The van der Waals surface area contributed by atoms with E-state index >= 15 is 0 Å². The molecule has 1 heterocycles. The number of sulfonamides is 1. The maximum absolute atomic E-state index is 12.7. The van der Waals surface area contributed by atoms with Gasteiger partial charge in [-0.3, -0.25) is 4.31 Å². The molecule has 0 aliphatic carbocycles. The van der Waals surface area contributed by atoms with Crippen LogP contribution in [0.2, 0.25) is 28.2 Å². The van der Waals surface area contributed by atoms with E-state index in [9.17, 15) is 8.42 Å². The SMILES string of the molecule is Cn1cc(-c2ccc(N(Cc3cccc(Cl)c3Cl)S(C)(=O)=O)cc2)nc1C(C)(C)O[Si](C)(C)C(C)(C)C. The fraction of sp³-hybridized carbons (Fsp3) is 0.444. The molecule has 0 saturated heterocycles. The molecule has 202 valence electrons. The zero-order valence-corrected chi connectivity index (χ0v) is 26.4. The number of imidazole rings is 1. The minimum absolute atomic E-state index is 0.0737. The molecule has 0 aliphatic rings. The van der Waals surface area contributed by atoms with E-state index in [2.05, 4.69) is 47.7 Å². The van der Waals surface area contributed by atoms with Gasteiger partial charge < -0.3 is 8.99 Å². The second-order valence-electron chi connectivity index (χ2n) is 11.5. The van der Waals surface area contributed by atoms with E-state index in [1.165, 1.54) is 10.6 Å². The molecular formula is C27H37Cl2N3O3SSi. The topological polar surface area (TPSA) is 64.4 Å². The molecule has 0 bridgehead atoms. The first kappa shape index (κ1) is 29.7. The number of anilines is 1. The summed E-state index contributed by atoms with van der Waals surface area (Å²) in [6.07, 6.45) is 3.15. The Labute approximate surface area is 232 Å². The van der Waals surface area contributed by atoms with Crippen molar-refractivity contribution in [2.45, 2.75) is 64.9 Å². The van der Waals surface area contributed by atoms with Crippen LogP contribution in [0.15, 0.2) is 48.7 Å². The molecular weight excluding hydrogens is 545 g/mol. The maximum atomic E-state index is 12.7. The highest BCUT2D eigenvalue weighted by atomic mass is 35.5. The van der Waals surface area contributed by atoms with E-state index in [0.29, 0.717) is 21.3 Å². The second kappa shape index (κ2) is 10.4. The van der Waals surface area contributed by atoms with E-state index in [0.717, 1.165) is 17.1 Å². The molecule has 0 amide bonds. The number of hydrogen-bond donors (Lipinski definition) is 0. The van der Waals surface area contributed by atoms with Crippen molar-refractivity contribution in [2.75, 3.05) is 10.6 Å². The average Bonchev–Trinajstić information content (AvgIpc) is 3.15. The average molecular weight is 583 g/mol. The highest BCUT2D eigenvalue weighted by molar-refractivity contribution is 7.92. The Morgan fingerprint density at radius 3 is 2.16 bits per heavy atom. The molecule has 0 fully saturated rings. The van der Waals surface area contributed by atoms with Gasteiger partial charge in [0.05, 0.1) is 34.2 Å².